The molecule has 2 aromatic rings. The number of rotatable bonds is 5. The summed E-state index contributed by atoms with van der Waals surface area (Å²) in [6.45, 7) is 3.92. The Bertz CT molecular complexity index is 755. The van der Waals surface area contributed by atoms with Crippen molar-refractivity contribution in [3.63, 3.8) is 0 Å². The van der Waals surface area contributed by atoms with Gasteiger partial charge in [-0.25, -0.2) is 9.18 Å². The fourth-order valence-electron chi connectivity index (χ4n) is 2.90. The van der Waals surface area contributed by atoms with Crippen molar-refractivity contribution >= 4 is 11.8 Å². The number of benzene rings is 1. The SMILES string of the molecule is CCc1nn(C)c(NC(=O)NC[C@H]2COCCO2)c1-c1ccc(F)cc1. The Morgan fingerprint density at radius 3 is 2.77 bits per heavy atom. The number of urea groups is 1. The molecule has 0 unspecified atom stereocenters. The van der Waals surface area contributed by atoms with Crippen LogP contribution in [-0.2, 0) is 22.9 Å². The number of nitrogens with one attached hydrogen (secondary N) is 2. The van der Waals surface area contributed by atoms with Crippen LogP contribution < -0.4 is 10.6 Å². The molecule has 0 saturated carbocycles. The van der Waals surface area contributed by atoms with Gasteiger partial charge in [-0.05, 0) is 24.1 Å². The summed E-state index contributed by atoms with van der Waals surface area (Å²) in [5.74, 6) is 0.254. The van der Waals surface area contributed by atoms with Gasteiger partial charge in [0.1, 0.15) is 11.6 Å². The molecule has 1 aromatic heterocycles. The minimum absolute atomic E-state index is 0.149. The number of carbonyl (C=O) groups is 1. The maximum atomic E-state index is 13.3. The number of hydrogen-bond acceptors (Lipinski definition) is 4. The van der Waals surface area contributed by atoms with Crippen LogP contribution in [0.25, 0.3) is 11.1 Å². The van der Waals surface area contributed by atoms with Gasteiger partial charge in [0.15, 0.2) is 0 Å². The number of halogens is 1. The Labute approximate surface area is 151 Å². The van der Waals surface area contributed by atoms with Gasteiger partial charge in [-0.2, -0.15) is 5.10 Å². The second-order valence-corrected chi connectivity index (χ2v) is 6.06. The molecule has 26 heavy (non-hydrogen) atoms. The number of carbonyl (C=O) groups excluding carboxylic acids is 1. The first-order valence-corrected chi connectivity index (χ1v) is 8.64. The van der Waals surface area contributed by atoms with Gasteiger partial charge in [-0.1, -0.05) is 19.1 Å². The van der Waals surface area contributed by atoms with Crippen LogP contribution >= 0.6 is 0 Å². The highest BCUT2D eigenvalue weighted by molar-refractivity contribution is 5.93. The molecule has 0 aliphatic carbocycles. The van der Waals surface area contributed by atoms with E-state index in [1.165, 1.54) is 12.1 Å². The summed E-state index contributed by atoms with van der Waals surface area (Å²) < 4.78 is 25.7. The Morgan fingerprint density at radius 1 is 1.35 bits per heavy atom. The van der Waals surface area contributed by atoms with E-state index in [0.717, 1.165) is 16.8 Å². The van der Waals surface area contributed by atoms with E-state index in [0.29, 0.717) is 38.6 Å². The molecule has 2 heterocycles. The average Bonchev–Trinajstić information content (AvgIpc) is 2.97. The Hall–Kier alpha value is -2.45. The number of aryl methyl sites for hydroxylation is 2. The first-order chi connectivity index (χ1) is 12.6. The third kappa shape index (κ3) is 4.20. The van der Waals surface area contributed by atoms with Gasteiger partial charge < -0.3 is 14.8 Å². The minimum atomic E-state index is -0.354. The Kier molecular flexibility index (Phi) is 5.85. The molecule has 1 fully saturated rings. The summed E-state index contributed by atoms with van der Waals surface area (Å²) in [6, 6.07) is 5.80. The van der Waals surface area contributed by atoms with E-state index in [9.17, 15) is 9.18 Å². The third-order valence-electron chi connectivity index (χ3n) is 4.19. The molecule has 8 heteroatoms. The summed E-state index contributed by atoms with van der Waals surface area (Å²) in [5, 5.41) is 10.1. The number of aromatic nitrogens is 2. The molecule has 2 amide bonds. The molecule has 0 radical (unpaired) electrons. The van der Waals surface area contributed by atoms with Crippen LogP contribution in [0.3, 0.4) is 0 Å². The lowest BCUT2D eigenvalue weighted by atomic mass is 10.0. The highest BCUT2D eigenvalue weighted by atomic mass is 19.1. The summed E-state index contributed by atoms with van der Waals surface area (Å²) in [7, 11) is 1.76. The number of hydrogen-bond donors (Lipinski definition) is 2. The summed E-state index contributed by atoms with van der Waals surface area (Å²) in [6.07, 6.45) is 0.542. The van der Waals surface area contributed by atoms with Crippen LogP contribution in [0.15, 0.2) is 24.3 Å². The molecular formula is C18H23FN4O3. The zero-order valence-electron chi connectivity index (χ0n) is 14.9. The monoisotopic (exact) mass is 362 g/mol. The molecule has 1 aliphatic heterocycles. The van der Waals surface area contributed by atoms with E-state index in [2.05, 4.69) is 15.7 Å². The van der Waals surface area contributed by atoms with E-state index in [4.69, 9.17) is 9.47 Å². The van der Waals surface area contributed by atoms with Gasteiger partial charge in [-0.15, -0.1) is 0 Å². The number of nitrogens with zero attached hydrogens (tertiary/aromatic N) is 2. The standard InChI is InChI=1S/C18H23FN4O3/c1-3-15-16(12-4-6-13(19)7-5-12)17(23(2)22-15)21-18(24)20-10-14-11-25-8-9-26-14/h4-7,14H,3,8-11H2,1-2H3,(H2,20,21,24)/t14-/m0/s1. The molecule has 7 nitrogen and oxygen atoms in total. The molecule has 1 atom stereocenters. The lowest BCUT2D eigenvalue weighted by molar-refractivity contribution is -0.0852. The van der Waals surface area contributed by atoms with Crippen molar-refractivity contribution in [2.75, 3.05) is 31.7 Å². The van der Waals surface area contributed by atoms with Crippen LogP contribution in [0.5, 0.6) is 0 Å². The van der Waals surface area contributed by atoms with Gasteiger partial charge in [0.2, 0.25) is 0 Å². The van der Waals surface area contributed by atoms with E-state index >= 15 is 0 Å². The van der Waals surface area contributed by atoms with Crippen LogP contribution in [0.1, 0.15) is 12.6 Å². The van der Waals surface area contributed by atoms with Crippen LogP contribution in [0.4, 0.5) is 15.0 Å². The topological polar surface area (TPSA) is 77.4 Å². The van der Waals surface area contributed by atoms with E-state index in [-0.39, 0.29) is 18.0 Å². The molecule has 2 N–H and O–H groups in total. The normalized spacial score (nSPS) is 17.1. The highest BCUT2D eigenvalue weighted by Gasteiger charge is 2.20. The average molecular weight is 362 g/mol. The van der Waals surface area contributed by atoms with Crippen molar-refractivity contribution in [2.24, 2.45) is 7.05 Å². The molecule has 0 bridgehead atoms. The molecule has 0 spiro atoms. The van der Waals surface area contributed by atoms with E-state index in [1.807, 2.05) is 6.92 Å². The number of ether oxygens (including phenoxy) is 2. The van der Waals surface area contributed by atoms with Gasteiger partial charge in [0.25, 0.3) is 0 Å². The quantitative estimate of drug-likeness (QED) is 0.856. The highest BCUT2D eigenvalue weighted by Crippen LogP contribution is 2.31. The number of amides is 2. The Morgan fingerprint density at radius 2 is 2.12 bits per heavy atom. The summed E-state index contributed by atoms with van der Waals surface area (Å²) in [4.78, 5) is 12.3. The molecule has 1 aliphatic rings. The van der Waals surface area contributed by atoms with Gasteiger partial charge in [-0.3, -0.25) is 10.00 Å². The van der Waals surface area contributed by atoms with Gasteiger partial charge >= 0.3 is 6.03 Å². The maximum Gasteiger partial charge on any atom is 0.320 e. The van der Waals surface area contributed by atoms with E-state index in [1.54, 1.807) is 23.9 Å². The van der Waals surface area contributed by atoms with Crippen molar-refractivity contribution in [3.05, 3.63) is 35.8 Å². The van der Waals surface area contributed by atoms with Crippen LogP contribution in [0, 0.1) is 5.82 Å². The molecule has 140 valence electrons. The second kappa shape index (κ2) is 8.29. The fourth-order valence-corrected chi connectivity index (χ4v) is 2.90. The number of anilines is 1. The maximum absolute atomic E-state index is 13.3. The predicted molar refractivity (Wildman–Crippen MR) is 95.6 cm³/mol. The van der Waals surface area contributed by atoms with Crippen molar-refractivity contribution in [1.29, 1.82) is 0 Å². The zero-order chi connectivity index (χ0) is 18.5. The smallest absolute Gasteiger partial charge is 0.320 e. The third-order valence-corrected chi connectivity index (χ3v) is 4.19. The van der Waals surface area contributed by atoms with Crippen molar-refractivity contribution in [1.82, 2.24) is 15.1 Å². The van der Waals surface area contributed by atoms with Gasteiger partial charge in [0, 0.05) is 19.2 Å². The van der Waals surface area contributed by atoms with Crippen molar-refractivity contribution in [3.8, 4) is 11.1 Å². The minimum Gasteiger partial charge on any atom is -0.376 e. The summed E-state index contributed by atoms with van der Waals surface area (Å²) >= 11 is 0. The first-order valence-electron chi connectivity index (χ1n) is 8.64. The first kappa shape index (κ1) is 18.3. The lowest BCUT2D eigenvalue weighted by Crippen LogP contribution is -2.41. The van der Waals surface area contributed by atoms with Crippen LogP contribution in [-0.4, -0.2) is 48.3 Å². The van der Waals surface area contributed by atoms with E-state index < -0.39 is 0 Å². The predicted octanol–water partition coefficient (Wildman–Crippen LogP) is 2.33. The summed E-state index contributed by atoms with van der Waals surface area (Å²) in [5.41, 5.74) is 2.43. The van der Waals surface area contributed by atoms with Crippen LogP contribution in [0.2, 0.25) is 0 Å². The Balaban J connectivity index is 1.75. The zero-order valence-corrected chi connectivity index (χ0v) is 14.9. The van der Waals surface area contributed by atoms with Crippen molar-refractivity contribution in [2.45, 2.75) is 19.4 Å². The van der Waals surface area contributed by atoms with Crippen molar-refractivity contribution < 1.29 is 18.7 Å². The lowest BCUT2D eigenvalue weighted by Gasteiger charge is -2.23. The largest absolute Gasteiger partial charge is 0.376 e. The molecular weight excluding hydrogens is 339 g/mol. The molecule has 3 rings (SSSR count). The molecule has 1 aromatic carbocycles. The second-order valence-electron chi connectivity index (χ2n) is 6.06. The van der Waals surface area contributed by atoms with Gasteiger partial charge in [0.05, 0.1) is 31.6 Å². The molecule has 1 saturated heterocycles. The fraction of sp³-hybridized carbons (Fsp3) is 0.444.